The van der Waals surface area contributed by atoms with Crippen LogP contribution in [0.5, 0.6) is 0 Å². The average molecular weight is 539 g/mol. The zero-order chi connectivity index (χ0) is 26.3. The number of imide groups is 1. The number of benzene rings is 1. The van der Waals surface area contributed by atoms with Crippen LogP contribution >= 0.6 is 11.8 Å². The van der Waals surface area contributed by atoms with Crippen LogP contribution in [-0.2, 0) is 16.1 Å². The van der Waals surface area contributed by atoms with Crippen molar-refractivity contribution in [1.29, 1.82) is 0 Å². The maximum Gasteiger partial charge on any atom is 0.255 e. The van der Waals surface area contributed by atoms with Gasteiger partial charge in [0.15, 0.2) is 0 Å². The zero-order valence-corrected chi connectivity index (χ0v) is 23.3. The molecule has 1 aromatic carbocycles. The molecule has 1 saturated heterocycles. The van der Waals surface area contributed by atoms with Gasteiger partial charge in [-0.3, -0.25) is 19.7 Å². The Morgan fingerprint density at radius 1 is 0.974 bits per heavy atom. The molecule has 5 fully saturated rings. The Balaban J connectivity index is 0.899. The first-order valence-corrected chi connectivity index (χ1v) is 15.9. The normalized spacial score (nSPS) is 33.7. The number of carbonyl (C=O) groups is 3. The maximum atomic E-state index is 13.0. The molecule has 2 aliphatic heterocycles. The Hall–Kier alpha value is -1.86. The summed E-state index contributed by atoms with van der Waals surface area (Å²) < 4.78 is 0. The number of amides is 3. The van der Waals surface area contributed by atoms with E-state index in [1.807, 2.05) is 23.9 Å². The van der Waals surface area contributed by atoms with Crippen molar-refractivity contribution in [1.82, 2.24) is 10.2 Å². The van der Waals surface area contributed by atoms with E-state index in [-0.39, 0.29) is 29.7 Å². The highest BCUT2D eigenvalue weighted by Gasteiger charge is 2.56. The number of unbranched alkanes of at least 4 members (excludes halogenated alkanes) is 5. The van der Waals surface area contributed by atoms with Crippen LogP contribution in [0.1, 0.15) is 112 Å². The van der Waals surface area contributed by atoms with Crippen molar-refractivity contribution < 1.29 is 19.5 Å². The second-order valence-corrected chi connectivity index (χ2v) is 14.2. The van der Waals surface area contributed by atoms with Crippen molar-refractivity contribution in [2.24, 2.45) is 17.3 Å². The molecule has 2 N–H and O–H groups in total. The van der Waals surface area contributed by atoms with Crippen LogP contribution in [0.15, 0.2) is 23.1 Å². The van der Waals surface area contributed by atoms with Gasteiger partial charge in [0.2, 0.25) is 11.8 Å². The molecule has 38 heavy (non-hydrogen) atoms. The molecule has 0 spiro atoms. The standard InChI is InChI=1S/C31H42N2O4S/c34-27-11-10-25(28(35)32-27)33-19-24-23(29(33)36)8-7-9-26(24)38-13-6-4-2-1-3-5-12-30-15-21-14-22(16-30)18-31(37,17-21)20-30/h7-9,21-22,25,37H,1-6,10-20H2,(H,32,34,35). The SMILES string of the molecule is O=C1CCC(N2Cc3c(SCCCCCCCCC45CC6CC(CC(O)(C6)C4)C5)cccc3C2=O)C(=O)N1. The quantitative estimate of drug-likeness (QED) is 0.218. The fourth-order valence-corrected chi connectivity index (χ4v) is 9.97. The molecule has 4 aliphatic carbocycles. The van der Waals surface area contributed by atoms with E-state index in [0.29, 0.717) is 23.9 Å². The van der Waals surface area contributed by atoms with E-state index in [0.717, 1.165) is 47.3 Å². The van der Waals surface area contributed by atoms with Crippen molar-refractivity contribution in [3.05, 3.63) is 29.3 Å². The van der Waals surface area contributed by atoms with Crippen LogP contribution in [0.25, 0.3) is 0 Å². The lowest BCUT2D eigenvalue weighted by Gasteiger charge is -2.60. The monoisotopic (exact) mass is 538 g/mol. The van der Waals surface area contributed by atoms with Gasteiger partial charge >= 0.3 is 0 Å². The first kappa shape index (κ1) is 26.4. The van der Waals surface area contributed by atoms with Crippen molar-refractivity contribution in [2.75, 3.05) is 5.75 Å². The second-order valence-electron chi connectivity index (χ2n) is 13.1. The first-order chi connectivity index (χ1) is 18.3. The topological polar surface area (TPSA) is 86.7 Å². The lowest BCUT2D eigenvalue weighted by Crippen LogP contribution is -2.55. The summed E-state index contributed by atoms with van der Waals surface area (Å²) in [7, 11) is 0. The van der Waals surface area contributed by atoms with E-state index >= 15 is 0 Å². The summed E-state index contributed by atoms with van der Waals surface area (Å²) in [6.07, 6.45) is 17.0. The highest BCUT2D eigenvalue weighted by atomic mass is 32.2. The highest BCUT2D eigenvalue weighted by Crippen LogP contribution is 2.63. The molecular weight excluding hydrogens is 496 g/mol. The zero-order valence-electron chi connectivity index (χ0n) is 22.5. The first-order valence-electron chi connectivity index (χ1n) is 14.9. The molecule has 7 heteroatoms. The molecule has 4 saturated carbocycles. The molecule has 6 nitrogen and oxygen atoms in total. The number of nitrogens with one attached hydrogen (secondary N) is 1. The van der Waals surface area contributed by atoms with Crippen LogP contribution in [-0.4, -0.2) is 45.1 Å². The van der Waals surface area contributed by atoms with Crippen LogP contribution < -0.4 is 5.32 Å². The van der Waals surface area contributed by atoms with Gasteiger partial charge in [0.25, 0.3) is 5.91 Å². The fraction of sp³-hybridized carbons (Fsp3) is 0.710. The number of thioether (sulfide) groups is 1. The Labute approximate surface area is 230 Å². The summed E-state index contributed by atoms with van der Waals surface area (Å²) in [5.74, 6) is 1.92. The van der Waals surface area contributed by atoms with Gasteiger partial charge in [-0.2, -0.15) is 0 Å². The van der Waals surface area contributed by atoms with Gasteiger partial charge in [-0.05, 0) is 98.5 Å². The summed E-state index contributed by atoms with van der Waals surface area (Å²) >= 11 is 1.82. The Morgan fingerprint density at radius 2 is 1.71 bits per heavy atom. The largest absolute Gasteiger partial charge is 0.390 e. The van der Waals surface area contributed by atoms with Crippen molar-refractivity contribution in [3.8, 4) is 0 Å². The molecule has 0 radical (unpaired) electrons. The fourth-order valence-electron chi connectivity index (χ4n) is 8.88. The van der Waals surface area contributed by atoms with Gasteiger partial charge in [0, 0.05) is 23.4 Å². The molecule has 3 unspecified atom stereocenters. The van der Waals surface area contributed by atoms with Gasteiger partial charge in [0.05, 0.1) is 5.60 Å². The smallest absolute Gasteiger partial charge is 0.255 e. The number of piperidine rings is 1. The molecule has 2 heterocycles. The van der Waals surface area contributed by atoms with Gasteiger partial charge in [-0.15, -0.1) is 11.8 Å². The van der Waals surface area contributed by atoms with E-state index in [9.17, 15) is 19.5 Å². The molecule has 3 amide bonds. The minimum atomic E-state index is -0.557. The van der Waals surface area contributed by atoms with E-state index in [1.54, 1.807) is 4.90 Å². The summed E-state index contributed by atoms with van der Waals surface area (Å²) in [4.78, 5) is 39.6. The summed E-state index contributed by atoms with van der Waals surface area (Å²) in [6.45, 7) is 0.448. The Morgan fingerprint density at radius 3 is 2.45 bits per heavy atom. The Bertz CT molecular complexity index is 1090. The minimum absolute atomic E-state index is 0.0975. The number of fused-ring (bicyclic) bond motifs is 1. The molecule has 3 atom stereocenters. The van der Waals surface area contributed by atoms with Crippen LogP contribution in [0, 0.1) is 17.3 Å². The van der Waals surface area contributed by atoms with Gasteiger partial charge in [-0.25, -0.2) is 0 Å². The average Bonchev–Trinajstić information content (AvgIpc) is 3.18. The third-order valence-electron chi connectivity index (χ3n) is 10.0. The summed E-state index contributed by atoms with van der Waals surface area (Å²) in [5, 5.41) is 13.4. The lowest BCUT2D eigenvalue weighted by atomic mass is 9.47. The summed E-state index contributed by atoms with van der Waals surface area (Å²) in [5.41, 5.74) is 1.87. The van der Waals surface area contributed by atoms with E-state index in [4.69, 9.17) is 0 Å². The number of nitrogens with zero attached hydrogens (tertiary/aromatic N) is 1. The number of aliphatic hydroxyl groups is 1. The van der Waals surface area contributed by atoms with Crippen molar-refractivity contribution in [2.45, 2.75) is 119 Å². The van der Waals surface area contributed by atoms with Crippen LogP contribution in [0.2, 0.25) is 0 Å². The lowest BCUT2D eigenvalue weighted by molar-refractivity contribution is -0.166. The molecule has 6 aliphatic rings. The van der Waals surface area contributed by atoms with Gasteiger partial charge in [0.1, 0.15) is 6.04 Å². The number of hydrogen-bond acceptors (Lipinski definition) is 5. The molecule has 4 bridgehead atoms. The van der Waals surface area contributed by atoms with Crippen molar-refractivity contribution >= 4 is 29.5 Å². The number of carbonyl (C=O) groups excluding carboxylic acids is 3. The predicted octanol–water partition coefficient (Wildman–Crippen LogP) is 5.60. The molecular formula is C31H42N2O4S. The third kappa shape index (κ3) is 5.30. The molecule has 7 rings (SSSR count). The Kier molecular flexibility index (Phi) is 7.36. The second kappa shape index (κ2) is 10.6. The van der Waals surface area contributed by atoms with Crippen molar-refractivity contribution in [3.63, 3.8) is 0 Å². The highest BCUT2D eigenvalue weighted by molar-refractivity contribution is 7.99. The van der Waals surface area contributed by atoms with Gasteiger partial charge < -0.3 is 10.0 Å². The van der Waals surface area contributed by atoms with E-state index < -0.39 is 6.04 Å². The predicted molar refractivity (Wildman–Crippen MR) is 148 cm³/mol. The number of rotatable bonds is 11. The maximum absolute atomic E-state index is 13.0. The third-order valence-corrected chi connectivity index (χ3v) is 11.2. The molecule has 0 aromatic heterocycles. The molecule has 206 valence electrons. The van der Waals surface area contributed by atoms with Crippen LogP contribution in [0.3, 0.4) is 0 Å². The van der Waals surface area contributed by atoms with E-state index in [2.05, 4.69) is 11.4 Å². The van der Waals surface area contributed by atoms with Crippen LogP contribution in [0.4, 0.5) is 0 Å². The minimum Gasteiger partial charge on any atom is -0.390 e. The summed E-state index contributed by atoms with van der Waals surface area (Å²) in [6, 6.07) is 5.33. The molecule has 1 aromatic rings. The van der Waals surface area contributed by atoms with Gasteiger partial charge in [-0.1, -0.05) is 38.2 Å². The number of hydrogen-bond donors (Lipinski definition) is 2. The van der Waals surface area contributed by atoms with E-state index in [1.165, 1.54) is 64.2 Å².